The first kappa shape index (κ1) is 22.0. The standard InChI is InChI=1S/C24H22FN7OS/c1-16(22(33)27-20-4-2-3-17(13-20)14-26)30-9-11-31(12-10-30)24-29-32-15-21(28-23(32)34-24)18-5-7-19(25)8-6-18/h2-8,13,15-16H,9-12H2,1H3,(H,27,33). The molecule has 0 saturated carbocycles. The van der Waals surface area contributed by atoms with Gasteiger partial charge in [-0.25, -0.2) is 13.9 Å². The predicted octanol–water partition coefficient (Wildman–Crippen LogP) is 3.62. The molecule has 1 atom stereocenters. The van der Waals surface area contributed by atoms with E-state index in [1.54, 1.807) is 40.9 Å². The second kappa shape index (κ2) is 9.21. The maximum Gasteiger partial charge on any atom is 0.241 e. The van der Waals surface area contributed by atoms with Crippen LogP contribution in [-0.4, -0.2) is 57.6 Å². The summed E-state index contributed by atoms with van der Waals surface area (Å²) in [5, 5.41) is 17.5. The Balaban J connectivity index is 1.19. The van der Waals surface area contributed by atoms with Gasteiger partial charge in [0.2, 0.25) is 16.0 Å². The van der Waals surface area contributed by atoms with E-state index in [0.717, 1.165) is 47.5 Å². The van der Waals surface area contributed by atoms with Crippen molar-refractivity contribution in [3.8, 4) is 17.3 Å². The number of nitriles is 1. The van der Waals surface area contributed by atoms with Gasteiger partial charge in [0.15, 0.2) is 0 Å². The summed E-state index contributed by atoms with van der Waals surface area (Å²) in [7, 11) is 0. The van der Waals surface area contributed by atoms with E-state index in [-0.39, 0.29) is 17.8 Å². The average molecular weight is 476 g/mol. The molecular formula is C24H22FN7OS. The summed E-state index contributed by atoms with van der Waals surface area (Å²) in [4.78, 5) is 22.5. The van der Waals surface area contributed by atoms with E-state index in [9.17, 15) is 9.18 Å². The van der Waals surface area contributed by atoms with E-state index >= 15 is 0 Å². The Bertz CT molecular complexity index is 1330. The molecule has 4 aromatic rings. The fourth-order valence-corrected chi connectivity index (χ4v) is 4.89. The third-order valence-corrected chi connectivity index (χ3v) is 6.93. The van der Waals surface area contributed by atoms with Crippen LogP contribution in [0, 0.1) is 17.1 Å². The average Bonchev–Trinajstić information content (AvgIpc) is 3.44. The number of halogens is 1. The van der Waals surface area contributed by atoms with Crippen LogP contribution in [0.1, 0.15) is 12.5 Å². The van der Waals surface area contributed by atoms with Crippen LogP contribution >= 0.6 is 11.3 Å². The van der Waals surface area contributed by atoms with Crippen LogP contribution < -0.4 is 10.2 Å². The van der Waals surface area contributed by atoms with Crippen molar-refractivity contribution in [1.29, 1.82) is 5.26 Å². The molecule has 1 amide bonds. The van der Waals surface area contributed by atoms with E-state index < -0.39 is 0 Å². The van der Waals surface area contributed by atoms with Crippen molar-refractivity contribution in [2.75, 3.05) is 36.4 Å². The van der Waals surface area contributed by atoms with Crippen LogP contribution in [0.2, 0.25) is 0 Å². The maximum atomic E-state index is 13.2. The molecule has 5 rings (SSSR count). The molecule has 1 unspecified atom stereocenters. The molecule has 1 aliphatic rings. The number of nitrogens with one attached hydrogen (secondary N) is 1. The summed E-state index contributed by atoms with van der Waals surface area (Å²) in [6.07, 6.45) is 1.85. The van der Waals surface area contributed by atoms with Crippen molar-refractivity contribution < 1.29 is 9.18 Å². The van der Waals surface area contributed by atoms with Gasteiger partial charge in [0.05, 0.1) is 29.6 Å². The second-order valence-electron chi connectivity index (χ2n) is 8.13. The lowest BCUT2D eigenvalue weighted by Gasteiger charge is -2.37. The minimum Gasteiger partial charge on any atom is -0.344 e. The molecular weight excluding hydrogens is 453 g/mol. The number of aromatic nitrogens is 3. The highest BCUT2D eigenvalue weighted by atomic mass is 32.1. The molecule has 0 radical (unpaired) electrons. The lowest BCUT2D eigenvalue weighted by Crippen LogP contribution is -2.52. The van der Waals surface area contributed by atoms with E-state index in [2.05, 4.69) is 31.3 Å². The van der Waals surface area contributed by atoms with Crippen LogP contribution in [0.5, 0.6) is 0 Å². The van der Waals surface area contributed by atoms with Crippen molar-refractivity contribution in [2.24, 2.45) is 0 Å². The third-order valence-electron chi connectivity index (χ3n) is 5.94. The minimum absolute atomic E-state index is 0.0930. The molecule has 172 valence electrons. The minimum atomic E-state index is -0.292. The lowest BCUT2D eigenvalue weighted by atomic mass is 10.2. The van der Waals surface area contributed by atoms with Gasteiger partial charge in [0, 0.05) is 37.4 Å². The van der Waals surface area contributed by atoms with Crippen LogP contribution in [0.25, 0.3) is 16.2 Å². The maximum absolute atomic E-state index is 13.2. The van der Waals surface area contributed by atoms with E-state index in [0.29, 0.717) is 11.3 Å². The van der Waals surface area contributed by atoms with Gasteiger partial charge in [0.1, 0.15) is 5.82 Å². The fourth-order valence-electron chi connectivity index (χ4n) is 3.96. The van der Waals surface area contributed by atoms with Crippen molar-refractivity contribution in [1.82, 2.24) is 19.5 Å². The molecule has 1 aliphatic heterocycles. The highest BCUT2D eigenvalue weighted by Crippen LogP contribution is 2.27. The van der Waals surface area contributed by atoms with Crippen molar-refractivity contribution in [2.45, 2.75) is 13.0 Å². The van der Waals surface area contributed by atoms with Gasteiger partial charge in [0.25, 0.3) is 0 Å². The van der Waals surface area contributed by atoms with Gasteiger partial charge in [-0.2, -0.15) is 5.26 Å². The number of rotatable bonds is 5. The van der Waals surface area contributed by atoms with Crippen LogP contribution in [0.4, 0.5) is 15.2 Å². The highest BCUT2D eigenvalue weighted by Gasteiger charge is 2.27. The number of fused-ring (bicyclic) bond motifs is 1. The number of hydrogen-bond donors (Lipinski definition) is 1. The number of piperazine rings is 1. The number of benzene rings is 2. The van der Waals surface area contributed by atoms with Gasteiger partial charge < -0.3 is 10.2 Å². The zero-order valence-corrected chi connectivity index (χ0v) is 19.3. The van der Waals surface area contributed by atoms with Gasteiger partial charge in [-0.15, -0.1) is 5.10 Å². The number of amides is 1. The van der Waals surface area contributed by atoms with Gasteiger partial charge in [-0.3, -0.25) is 9.69 Å². The molecule has 1 saturated heterocycles. The zero-order chi connectivity index (χ0) is 23.7. The number of carbonyl (C=O) groups excluding carboxylic acids is 1. The van der Waals surface area contributed by atoms with E-state index in [4.69, 9.17) is 5.26 Å². The van der Waals surface area contributed by atoms with Gasteiger partial charge in [-0.1, -0.05) is 17.4 Å². The Morgan fingerprint density at radius 2 is 1.94 bits per heavy atom. The summed E-state index contributed by atoms with van der Waals surface area (Å²) in [6.45, 7) is 4.87. The molecule has 34 heavy (non-hydrogen) atoms. The molecule has 2 aromatic heterocycles. The van der Waals surface area contributed by atoms with Gasteiger partial charge >= 0.3 is 0 Å². The third kappa shape index (κ3) is 4.48. The molecule has 1 fully saturated rings. The van der Waals surface area contributed by atoms with Crippen LogP contribution in [-0.2, 0) is 4.79 Å². The summed E-state index contributed by atoms with van der Waals surface area (Å²) < 4.78 is 14.9. The SMILES string of the molecule is CC(C(=O)Nc1cccc(C#N)c1)N1CCN(c2nn3cc(-c4ccc(F)cc4)nc3s2)CC1. The van der Waals surface area contributed by atoms with Crippen LogP contribution in [0.15, 0.2) is 54.7 Å². The molecule has 8 nitrogen and oxygen atoms in total. The molecule has 0 bridgehead atoms. The van der Waals surface area contributed by atoms with Gasteiger partial charge in [-0.05, 0) is 49.4 Å². The number of anilines is 2. The largest absolute Gasteiger partial charge is 0.344 e. The van der Waals surface area contributed by atoms with Crippen molar-refractivity contribution >= 4 is 33.0 Å². The Kier molecular flexibility index (Phi) is 5.96. The molecule has 3 heterocycles. The Labute approximate surface area is 199 Å². The van der Waals surface area contributed by atoms with Crippen LogP contribution in [0.3, 0.4) is 0 Å². The van der Waals surface area contributed by atoms with Crippen molar-refractivity contribution in [3.63, 3.8) is 0 Å². The lowest BCUT2D eigenvalue weighted by molar-refractivity contribution is -0.120. The van der Waals surface area contributed by atoms with E-state index in [1.807, 2.05) is 13.1 Å². The first-order valence-electron chi connectivity index (χ1n) is 10.9. The number of nitrogens with zero attached hydrogens (tertiary/aromatic N) is 6. The summed E-state index contributed by atoms with van der Waals surface area (Å²) >= 11 is 1.51. The molecule has 0 aliphatic carbocycles. The number of imidazole rings is 1. The molecule has 1 N–H and O–H groups in total. The van der Waals surface area contributed by atoms with Crippen molar-refractivity contribution in [3.05, 3.63) is 66.1 Å². The Morgan fingerprint density at radius 1 is 1.18 bits per heavy atom. The number of hydrogen-bond acceptors (Lipinski definition) is 7. The smallest absolute Gasteiger partial charge is 0.241 e. The summed E-state index contributed by atoms with van der Waals surface area (Å²) in [6, 6.07) is 15.0. The topological polar surface area (TPSA) is 89.6 Å². The molecule has 10 heteroatoms. The molecule has 2 aromatic carbocycles. The Morgan fingerprint density at radius 3 is 2.65 bits per heavy atom. The first-order valence-corrected chi connectivity index (χ1v) is 11.7. The quantitative estimate of drug-likeness (QED) is 0.474. The normalized spacial score (nSPS) is 15.3. The zero-order valence-electron chi connectivity index (χ0n) is 18.5. The fraction of sp³-hybridized carbons (Fsp3) is 0.250. The Hall–Kier alpha value is -3.81. The first-order chi connectivity index (χ1) is 16.5. The predicted molar refractivity (Wildman–Crippen MR) is 129 cm³/mol. The summed E-state index contributed by atoms with van der Waals surface area (Å²) in [5.41, 5.74) is 2.75. The second-order valence-corrected chi connectivity index (χ2v) is 9.06. The van der Waals surface area contributed by atoms with E-state index in [1.165, 1.54) is 23.5 Å². The molecule has 0 spiro atoms. The highest BCUT2D eigenvalue weighted by molar-refractivity contribution is 7.20. The number of carbonyl (C=O) groups is 1. The summed E-state index contributed by atoms with van der Waals surface area (Å²) in [5.74, 6) is -0.367. The monoisotopic (exact) mass is 475 g/mol.